The fraction of sp³-hybridized carbons (Fsp3) is 0.316. The van der Waals surface area contributed by atoms with Gasteiger partial charge in [0.25, 0.3) is 0 Å². The number of H-pyrrole nitrogens is 3. The molecule has 1 aliphatic rings. The summed E-state index contributed by atoms with van der Waals surface area (Å²) >= 11 is 0. The first kappa shape index (κ1) is 17.7. The van der Waals surface area contributed by atoms with Crippen molar-refractivity contribution in [3.05, 3.63) is 46.8 Å². The molecule has 4 aromatic rings. The minimum atomic E-state index is -0.308. The van der Waals surface area contributed by atoms with Crippen molar-refractivity contribution in [1.29, 1.82) is 0 Å². The number of nitrogens with zero attached hydrogens (tertiary/aromatic N) is 5. The van der Waals surface area contributed by atoms with Crippen molar-refractivity contribution in [3.8, 4) is 22.6 Å². The number of rotatable bonds is 5. The van der Waals surface area contributed by atoms with Crippen LogP contribution in [0.3, 0.4) is 0 Å². The Bertz CT molecular complexity index is 1160. The first-order valence-electron chi connectivity index (χ1n) is 9.51. The number of hydrogen-bond acceptors (Lipinski definition) is 7. The quantitative estimate of drug-likeness (QED) is 0.462. The molecule has 3 N–H and O–H groups in total. The van der Waals surface area contributed by atoms with E-state index in [2.05, 4.69) is 30.0 Å². The molecule has 10 heteroatoms. The number of benzene rings is 1. The van der Waals surface area contributed by atoms with Crippen molar-refractivity contribution < 1.29 is 4.74 Å². The molecule has 1 aliphatic heterocycles. The molecule has 5 rings (SSSR count). The summed E-state index contributed by atoms with van der Waals surface area (Å²) in [6.07, 6.45) is 2.21. The van der Waals surface area contributed by atoms with Gasteiger partial charge in [-0.1, -0.05) is 24.3 Å². The van der Waals surface area contributed by atoms with Crippen molar-refractivity contribution in [2.75, 3.05) is 32.8 Å². The van der Waals surface area contributed by atoms with Gasteiger partial charge in [0.2, 0.25) is 0 Å². The van der Waals surface area contributed by atoms with E-state index in [0.29, 0.717) is 17.1 Å². The number of nitrogens with one attached hydrogen (secondary N) is 3. The largest absolute Gasteiger partial charge is 0.379 e. The lowest BCUT2D eigenvalue weighted by Gasteiger charge is -2.26. The fourth-order valence-electron chi connectivity index (χ4n) is 3.52. The molecule has 29 heavy (non-hydrogen) atoms. The lowest BCUT2D eigenvalue weighted by Crippen LogP contribution is -2.37. The van der Waals surface area contributed by atoms with E-state index < -0.39 is 0 Å². The number of ether oxygens (including phenoxy) is 1. The molecule has 1 saturated heterocycles. The van der Waals surface area contributed by atoms with E-state index in [4.69, 9.17) is 14.7 Å². The van der Waals surface area contributed by atoms with E-state index >= 15 is 0 Å². The van der Waals surface area contributed by atoms with E-state index in [1.165, 1.54) is 6.33 Å². The molecule has 0 aliphatic carbocycles. The van der Waals surface area contributed by atoms with Crippen LogP contribution in [-0.4, -0.2) is 72.9 Å². The van der Waals surface area contributed by atoms with Crippen LogP contribution in [0.5, 0.6) is 0 Å². The molecule has 0 saturated carbocycles. The Morgan fingerprint density at radius 2 is 1.72 bits per heavy atom. The highest BCUT2D eigenvalue weighted by Crippen LogP contribution is 2.25. The average Bonchev–Trinajstić information content (AvgIpc) is 3.41. The third-order valence-electron chi connectivity index (χ3n) is 5.05. The van der Waals surface area contributed by atoms with Gasteiger partial charge in [-0.15, -0.1) is 0 Å². The number of fused-ring (bicyclic) bond motifs is 1. The van der Waals surface area contributed by atoms with Crippen molar-refractivity contribution in [1.82, 2.24) is 40.0 Å². The maximum absolute atomic E-state index is 11.7. The highest BCUT2D eigenvalue weighted by Gasteiger charge is 2.16. The van der Waals surface area contributed by atoms with E-state index in [0.717, 1.165) is 61.8 Å². The molecule has 1 fully saturated rings. The summed E-state index contributed by atoms with van der Waals surface area (Å²) in [4.78, 5) is 33.0. The molecule has 0 amide bonds. The molecule has 0 atom stereocenters. The van der Waals surface area contributed by atoms with Gasteiger partial charge in [-0.3, -0.25) is 20.0 Å². The van der Waals surface area contributed by atoms with Gasteiger partial charge in [0.15, 0.2) is 17.1 Å². The van der Waals surface area contributed by atoms with Crippen LogP contribution in [0.1, 0.15) is 5.69 Å². The standard InChI is InChI=1S/C19H20N8O2/c28-19-24-17-18(25-19)23-15(14(22-17)5-6-27-7-9-29-10-8-27)12-1-3-13(4-2-12)16-20-11-21-26-16/h1-4,11H,5-10H2,(H,20,21,26)(H2,22,23,24,25,28). The van der Waals surface area contributed by atoms with E-state index in [1.807, 2.05) is 24.3 Å². The third kappa shape index (κ3) is 3.67. The Labute approximate surface area is 165 Å². The zero-order valence-electron chi connectivity index (χ0n) is 15.7. The molecule has 0 spiro atoms. The van der Waals surface area contributed by atoms with Gasteiger partial charge in [-0.2, -0.15) is 5.10 Å². The van der Waals surface area contributed by atoms with Crippen LogP contribution in [0.15, 0.2) is 35.4 Å². The first-order valence-corrected chi connectivity index (χ1v) is 9.51. The minimum absolute atomic E-state index is 0.308. The highest BCUT2D eigenvalue weighted by molar-refractivity contribution is 5.73. The minimum Gasteiger partial charge on any atom is -0.379 e. The van der Waals surface area contributed by atoms with Crippen LogP contribution in [0.4, 0.5) is 0 Å². The fourth-order valence-corrected chi connectivity index (χ4v) is 3.52. The van der Waals surface area contributed by atoms with Crippen LogP contribution in [0, 0.1) is 0 Å². The number of aromatic amines is 3. The maximum Gasteiger partial charge on any atom is 0.326 e. The average molecular weight is 392 g/mol. The SMILES string of the molecule is O=c1[nH]c2nc(CCN3CCOCC3)c(-c3ccc(-c4ncn[nH]4)cc3)nc2[nH]1. The second-order valence-corrected chi connectivity index (χ2v) is 6.91. The summed E-state index contributed by atoms with van der Waals surface area (Å²) in [6.45, 7) is 4.20. The molecule has 1 aromatic carbocycles. The number of aromatic nitrogens is 7. The van der Waals surface area contributed by atoms with E-state index in [9.17, 15) is 4.79 Å². The Morgan fingerprint density at radius 3 is 2.45 bits per heavy atom. The topological polar surface area (TPSA) is 128 Å². The van der Waals surface area contributed by atoms with Crippen molar-refractivity contribution in [2.45, 2.75) is 6.42 Å². The molecular formula is C19H20N8O2. The Hall–Kier alpha value is -3.37. The normalized spacial score (nSPS) is 15.2. The van der Waals surface area contributed by atoms with Crippen molar-refractivity contribution in [2.24, 2.45) is 0 Å². The Kier molecular flexibility index (Phi) is 4.62. The van der Waals surface area contributed by atoms with Gasteiger partial charge >= 0.3 is 5.69 Å². The maximum atomic E-state index is 11.7. The van der Waals surface area contributed by atoms with Gasteiger partial charge < -0.3 is 4.74 Å². The predicted octanol–water partition coefficient (Wildman–Crippen LogP) is 0.973. The number of imidazole rings is 1. The summed E-state index contributed by atoms with van der Waals surface area (Å²) in [7, 11) is 0. The van der Waals surface area contributed by atoms with Crippen LogP contribution < -0.4 is 5.69 Å². The van der Waals surface area contributed by atoms with Crippen LogP contribution in [-0.2, 0) is 11.2 Å². The molecule has 0 radical (unpaired) electrons. The first-order chi connectivity index (χ1) is 14.3. The van der Waals surface area contributed by atoms with Gasteiger partial charge in [-0.25, -0.2) is 19.7 Å². The highest BCUT2D eigenvalue weighted by atomic mass is 16.5. The van der Waals surface area contributed by atoms with Gasteiger partial charge in [0, 0.05) is 37.2 Å². The molecule has 3 aromatic heterocycles. The van der Waals surface area contributed by atoms with Crippen LogP contribution >= 0.6 is 0 Å². The summed E-state index contributed by atoms with van der Waals surface area (Å²) < 4.78 is 5.42. The zero-order chi connectivity index (χ0) is 19.6. The molecular weight excluding hydrogens is 372 g/mol. The molecule has 4 heterocycles. The summed E-state index contributed by atoms with van der Waals surface area (Å²) in [5.74, 6) is 0.709. The smallest absolute Gasteiger partial charge is 0.326 e. The lowest BCUT2D eigenvalue weighted by atomic mass is 10.1. The zero-order valence-corrected chi connectivity index (χ0v) is 15.7. The Balaban J connectivity index is 1.49. The van der Waals surface area contributed by atoms with Crippen molar-refractivity contribution >= 4 is 11.3 Å². The van der Waals surface area contributed by atoms with E-state index in [-0.39, 0.29) is 5.69 Å². The monoisotopic (exact) mass is 392 g/mol. The summed E-state index contributed by atoms with van der Waals surface area (Å²) in [6, 6.07) is 7.90. The van der Waals surface area contributed by atoms with Crippen molar-refractivity contribution in [3.63, 3.8) is 0 Å². The van der Waals surface area contributed by atoms with E-state index in [1.54, 1.807) is 0 Å². The van der Waals surface area contributed by atoms with Gasteiger partial charge in [0.05, 0.1) is 24.6 Å². The second kappa shape index (κ2) is 7.57. The predicted molar refractivity (Wildman–Crippen MR) is 106 cm³/mol. The second-order valence-electron chi connectivity index (χ2n) is 6.91. The number of morpholine rings is 1. The van der Waals surface area contributed by atoms with Gasteiger partial charge in [-0.05, 0) is 0 Å². The Morgan fingerprint density at radius 1 is 1.00 bits per heavy atom. The third-order valence-corrected chi connectivity index (χ3v) is 5.05. The van der Waals surface area contributed by atoms with Crippen LogP contribution in [0.25, 0.3) is 33.9 Å². The molecule has 0 bridgehead atoms. The lowest BCUT2D eigenvalue weighted by molar-refractivity contribution is 0.0383. The molecule has 0 unspecified atom stereocenters. The van der Waals surface area contributed by atoms with Crippen LogP contribution in [0.2, 0.25) is 0 Å². The summed E-state index contributed by atoms with van der Waals surface area (Å²) in [5, 5.41) is 6.75. The summed E-state index contributed by atoms with van der Waals surface area (Å²) in [5.41, 5.74) is 4.12. The number of hydrogen-bond donors (Lipinski definition) is 3. The van der Waals surface area contributed by atoms with Gasteiger partial charge in [0.1, 0.15) is 6.33 Å². The molecule has 148 valence electrons. The molecule has 10 nitrogen and oxygen atoms in total.